The summed E-state index contributed by atoms with van der Waals surface area (Å²) in [5.74, 6) is 0. The van der Waals surface area contributed by atoms with Gasteiger partial charge in [-0.3, -0.25) is 6.08 Å². The smallest absolute Gasteiger partial charge is 0.108 e. The van der Waals surface area contributed by atoms with Gasteiger partial charge in [-0.15, -0.1) is 37.4 Å². The molecule has 0 bridgehead atoms. The SMILES string of the molecule is Cl.Cl.[C-]1=CC=CC1.[CH2]=[Zr].[CH3-].[CH3-].[CH3-].[CH3-].[CH3-].[CH3-].[c-]1ccc[nH]1. The van der Waals surface area contributed by atoms with Crippen LogP contribution in [0, 0.1) is 56.8 Å². The van der Waals surface area contributed by atoms with Gasteiger partial charge in [-0.1, -0.05) is 0 Å². The van der Waals surface area contributed by atoms with E-state index in [1.807, 2.05) is 30.5 Å². The minimum atomic E-state index is 0. The van der Waals surface area contributed by atoms with E-state index in [4.69, 9.17) is 0 Å². The minimum absolute atomic E-state index is 0. The molecule has 20 heavy (non-hydrogen) atoms. The predicted octanol–water partition coefficient (Wildman–Crippen LogP) is 5.63. The van der Waals surface area contributed by atoms with Crippen molar-refractivity contribution in [1.29, 1.82) is 0 Å². The van der Waals surface area contributed by atoms with Crippen LogP contribution in [-0.2, 0) is 24.2 Å². The van der Waals surface area contributed by atoms with Crippen molar-refractivity contribution >= 4 is 29.0 Å². The Hall–Kier alpha value is 0.0931. The second-order valence-electron chi connectivity index (χ2n) is 1.82. The molecule has 0 amide bonds. The van der Waals surface area contributed by atoms with E-state index in [1.54, 1.807) is 0 Å². The Bertz CT molecular complexity index is 195. The van der Waals surface area contributed by atoms with E-state index >= 15 is 0 Å². The van der Waals surface area contributed by atoms with Crippen molar-refractivity contribution in [1.82, 2.24) is 4.98 Å². The number of allylic oxidation sites excluding steroid dienone is 4. The zero-order valence-corrected chi connectivity index (χ0v) is 17.8. The van der Waals surface area contributed by atoms with Crippen molar-refractivity contribution in [3.8, 4) is 0 Å². The molecule has 1 aromatic heterocycles. The molecule has 0 atom stereocenters. The first-order valence-electron chi connectivity index (χ1n) is 3.56. The molecule has 0 unspecified atom stereocenters. The largest absolute Gasteiger partial charge is 0.484 e. The zero-order valence-electron chi connectivity index (χ0n) is 13.7. The molecule has 4 heteroatoms. The molecular formula is C16H31Cl2NZr-8. The third-order valence-corrected chi connectivity index (χ3v) is 1.03. The maximum Gasteiger partial charge on any atom is -0.108 e. The van der Waals surface area contributed by atoms with Gasteiger partial charge in [-0.2, -0.15) is 24.4 Å². The van der Waals surface area contributed by atoms with Crippen LogP contribution in [0.1, 0.15) is 6.42 Å². The maximum absolute atomic E-state index is 3.34. The Labute approximate surface area is 157 Å². The molecule has 1 aliphatic rings. The molecule has 1 aliphatic carbocycles. The van der Waals surface area contributed by atoms with E-state index in [1.165, 1.54) is 24.2 Å². The van der Waals surface area contributed by atoms with Crippen molar-refractivity contribution in [3.05, 3.63) is 93.4 Å². The monoisotopic (exact) mass is 397 g/mol. The Morgan fingerprint density at radius 2 is 1.45 bits per heavy atom. The molecular weight excluding hydrogens is 368 g/mol. The Kier molecular flexibility index (Phi) is 183. The fourth-order valence-corrected chi connectivity index (χ4v) is 0.581. The summed E-state index contributed by atoms with van der Waals surface area (Å²) in [6.07, 6.45) is 14.6. The van der Waals surface area contributed by atoms with Crippen LogP contribution < -0.4 is 0 Å². The summed E-state index contributed by atoms with van der Waals surface area (Å²) in [5.41, 5.74) is 0. The van der Waals surface area contributed by atoms with Crippen LogP contribution in [0.15, 0.2) is 36.6 Å². The molecule has 0 aromatic carbocycles. The van der Waals surface area contributed by atoms with Gasteiger partial charge in [-0.25, -0.2) is 12.2 Å². The van der Waals surface area contributed by atoms with Crippen LogP contribution in [0.3, 0.4) is 0 Å². The number of nitrogens with one attached hydrogen (secondary N) is 1. The van der Waals surface area contributed by atoms with Gasteiger partial charge in [0, 0.05) is 0 Å². The maximum atomic E-state index is 3.34. The van der Waals surface area contributed by atoms with E-state index in [0.29, 0.717) is 0 Å². The van der Waals surface area contributed by atoms with Crippen LogP contribution in [0.5, 0.6) is 0 Å². The third kappa shape index (κ3) is 51.9. The first kappa shape index (κ1) is 59.5. The molecule has 0 saturated heterocycles. The van der Waals surface area contributed by atoms with E-state index in [-0.39, 0.29) is 69.4 Å². The summed E-state index contributed by atoms with van der Waals surface area (Å²) in [5, 5.41) is 0. The number of rotatable bonds is 0. The van der Waals surface area contributed by atoms with E-state index in [9.17, 15) is 0 Å². The fourth-order valence-electron chi connectivity index (χ4n) is 0.581. The van der Waals surface area contributed by atoms with Gasteiger partial charge < -0.3 is 49.5 Å². The molecule has 0 fully saturated rings. The molecule has 1 nitrogen and oxygen atoms in total. The summed E-state index contributed by atoms with van der Waals surface area (Å²) >= 11 is 1.30. The van der Waals surface area contributed by atoms with Crippen LogP contribution >= 0.6 is 24.8 Å². The summed E-state index contributed by atoms with van der Waals surface area (Å²) in [4.78, 5) is 2.74. The molecule has 1 aromatic rings. The molecule has 0 saturated carbocycles. The molecule has 0 radical (unpaired) electrons. The second-order valence-corrected chi connectivity index (χ2v) is 1.82. The van der Waals surface area contributed by atoms with Gasteiger partial charge in [0.05, 0.1) is 0 Å². The third-order valence-electron chi connectivity index (χ3n) is 1.03. The standard InChI is InChI=1S/C5H5.C4H4N.6CH3.CH2.2ClH.Zr/c2*1-2-4-5-3-1;;;;;;;;;;/h1-3H,4H2;1-3,5H;6*1H3;1H2;2*1H;/q8*-1;;;;. The first-order chi connectivity index (χ1) is 6.00. The van der Waals surface area contributed by atoms with E-state index in [2.05, 4.69) is 27.5 Å². The summed E-state index contributed by atoms with van der Waals surface area (Å²) in [6.45, 7) is 0. The minimum Gasteiger partial charge on any atom is -0.484 e. The van der Waals surface area contributed by atoms with E-state index < -0.39 is 0 Å². The summed E-state index contributed by atoms with van der Waals surface area (Å²) < 4.78 is 3.34. The average molecular weight is 400 g/mol. The van der Waals surface area contributed by atoms with Gasteiger partial charge in [0.2, 0.25) is 0 Å². The topological polar surface area (TPSA) is 15.8 Å². The van der Waals surface area contributed by atoms with Gasteiger partial charge in [0.25, 0.3) is 0 Å². The van der Waals surface area contributed by atoms with Crippen molar-refractivity contribution < 1.29 is 24.2 Å². The Morgan fingerprint density at radius 1 is 0.950 bits per heavy atom. The molecule has 2 rings (SSSR count). The summed E-state index contributed by atoms with van der Waals surface area (Å²) in [7, 11) is 0. The van der Waals surface area contributed by atoms with Crippen molar-refractivity contribution in [3.63, 3.8) is 0 Å². The number of hydrogen-bond acceptors (Lipinski definition) is 0. The van der Waals surface area contributed by atoms with Crippen molar-refractivity contribution in [2.24, 2.45) is 0 Å². The average Bonchev–Trinajstić information content (AvgIpc) is 2.87. The van der Waals surface area contributed by atoms with Crippen LogP contribution in [0.4, 0.5) is 0 Å². The number of aromatic amines is 1. The number of halogens is 2. The van der Waals surface area contributed by atoms with Gasteiger partial charge in [0.15, 0.2) is 0 Å². The Morgan fingerprint density at radius 3 is 1.55 bits per heavy atom. The number of H-pyrrole nitrogens is 1. The zero-order chi connectivity index (χ0) is 9.07. The second kappa shape index (κ2) is 61.4. The first-order valence-corrected chi connectivity index (χ1v) is 5.30. The van der Waals surface area contributed by atoms with Gasteiger partial charge >= 0.3 is 28.4 Å². The van der Waals surface area contributed by atoms with Crippen LogP contribution in [0.25, 0.3) is 0 Å². The quantitative estimate of drug-likeness (QED) is 0.544. The summed E-state index contributed by atoms with van der Waals surface area (Å²) in [6, 6.07) is 3.71. The number of aromatic nitrogens is 1. The molecule has 1 heterocycles. The molecule has 0 aliphatic heterocycles. The molecule has 126 valence electrons. The van der Waals surface area contributed by atoms with Crippen molar-refractivity contribution in [2.75, 3.05) is 0 Å². The van der Waals surface area contributed by atoms with Crippen LogP contribution in [-0.4, -0.2) is 9.20 Å². The number of hydrogen-bond donors (Lipinski definition) is 1. The van der Waals surface area contributed by atoms with Gasteiger partial charge in [0.1, 0.15) is 0 Å². The normalized spacial score (nSPS) is 6.55. The fraction of sp³-hybridized carbons (Fsp3) is 0.0625. The van der Waals surface area contributed by atoms with Crippen LogP contribution in [0.2, 0.25) is 0 Å². The molecule has 0 spiro atoms. The molecule has 1 N–H and O–H groups in total. The van der Waals surface area contributed by atoms with E-state index in [0.717, 1.165) is 6.42 Å². The van der Waals surface area contributed by atoms with Gasteiger partial charge in [-0.05, 0) is 0 Å². The Balaban J connectivity index is -0.0000000113. The van der Waals surface area contributed by atoms with Crippen molar-refractivity contribution in [2.45, 2.75) is 6.42 Å². The predicted molar refractivity (Wildman–Crippen MR) is 101 cm³/mol.